The van der Waals surface area contributed by atoms with Gasteiger partial charge in [0.2, 0.25) is 5.41 Å². The third kappa shape index (κ3) is 3.56. The van der Waals surface area contributed by atoms with Gasteiger partial charge in [-0.1, -0.05) is 0 Å². The van der Waals surface area contributed by atoms with Crippen molar-refractivity contribution in [2.75, 3.05) is 7.05 Å². The molecule has 0 fully saturated rings. The Kier molecular flexibility index (Phi) is 6.03. The summed E-state index contributed by atoms with van der Waals surface area (Å²) < 4.78 is 0. The van der Waals surface area contributed by atoms with Crippen molar-refractivity contribution < 1.29 is 28.8 Å². The number of carbonyl (C=O) groups excluding carboxylic acids is 6. The number of nitrogens with zero attached hydrogens (tertiary/aromatic N) is 1. The minimum atomic E-state index is -2.06. The lowest BCUT2D eigenvalue weighted by atomic mass is 9.74. The molecular weight excluding hydrogens is 278 g/mol. The van der Waals surface area contributed by atoms with E-state index in [0.717, 1.165) is 32.6 Å². The van der Waals surface area contributed by atoms with Crippen LogP contribution in [0.25, 0.3) is 0 Å². The zero-order valence-electron chi connectivity index (χ0n) is 12.6. The van der Waals surface area contributed by atoms with Gasteiger partial charge >= 0.3 is 0 Å². The minimum Gasteiger partial charge on any atom is -0.298 e. The molecule has 0 spiro atoms. The number of likely N-dealkylation sites (N-methyl/N-ethyl adjacent to an activating group) is 1. The molecule has 0 atom stereocenters. The molecule has 1 rings (SSSR count). The van der Waals surface area contributed by atoms with Gasteiger partial charge in [0.15, 0.2) is 23.1 Å². The molecule has 0 saturated heterocycles. The fourth-order valence-corrected chi connectivity index (χ4v) is 1.96. The van der Waals surface area contributed by atoms with Gasteiger partial charge in [0, 0.05) is 19.2 Å². The lowest BCUT2D eigenvalue weighted by molar-refractivity contribution is -0.152. The van der Waals surface area contributed by atoms with Gasteiger partial charge in [-0.25, -0.2) is 0 Å². The van der Waals surface area contributed by atoms with Crippen LogP contribution < -0.4 is 0 Å². The second-order valence-corrected chi connectivity index (χ2v) is 4.54. The highest BCUT2D eigenvalue weighted by Gasteiger charge is 2.49. The van der Waals surface area contributed by atoms with Gasteiger partial charge in [-0.05, 0) is 27.7 Å². The van der Waals surface area contributed by atoms with Crippen molar-refractivity contribution in [3.63, 3.8) is 0 Å². The van der Waals surface area contributed by atoms with Gasteiger partial charge in [0.1, 0.15) is 0 Å². The predicted molar refractivity (Wildman–Crippen MR) is 72.1 cm³/mol. The number of ketones is 4. The largest absolute Gasteiger partial charge is 0.298 e. The highest BCUT2D eigenvalue weighted by Crippen LogP contribution is 2.22. The van der Waals surface area contributed by atoms with Crippen LogP contribution in [0.1, 0.15) is 27.7 Å². The van der Waals surface area contributed by atoms with Crippen molar-refractivity contribution in [3.05, 3.63) is 12.2 Å². The SMILES string of the molecule is CC(=O)C(C(C)=O)(C(C)=O)C(C)=O.CN1C(=O)C=CC1=O. The Hall–Kier alpha value is -2.44. The number of rotatable bonds is 4. The maximum Gasteiger partial charge on any atom is 0.253 e. The first-order valence-corrected chi connectivity index (χ1v) is 6.03. The molecule has 1 heterocycles. The first-order chi connectivity index (χ1) is 9.49. The van der Waals surface area contributed by atoms with Gasteiger partial charge in [-0.3, -0.25) is 33.7 Å². The monoisotopic (exact) mass is 295 g/mol. The lowest BCUT2D eigenvalue weighted by Crippen LogP contribution is -2.48. The molecule has 0 aliphatic carbocycles. The maximum absolute atomic E-state index is 11.1. The summed E-state index contributed by atoms with van der Waals surface area (Å²) in [5, 5.41) is 0. The van der Waals surface area contributed by atoms with Crippen molar-refractivity contribution >= 4 is 34.9 Å². The lowest BCUT2D eigenvalue weighted by Gasteiger charge is -2.21. The summed E-state index contributed by atoms with van der Waals surface area (Å²) in [6.45, 7) is 4.29. The Balaban J connectivity index is 0.000000423. The van der Waals surface area contributed by atoms with E-state index in [9.17, 15) is 28.8 Å². The maximum atomic E-state index is 11.1. The average Bonchev–Trinajstić information content (AvgIpc) is 2.60. The molecule has 1 aliphatic heterocycles. The number of imide groups is 1. The summed E-state index contributed by atoms with van der Waals surface area (Å²) in [7, 11) is 1.45. The van der Waals surface area contributed by atoms with Crippen molar-refractivity contribution in [3.8, 4) is 0 Å². The average molecular weight is 295 g/mol. The summed E-state index contributed by atoms with van der Waals surface area (Å²) in [5.41, 5.74) is -2.06. The second kappa shape index (κ2) is 6.83. The van der Waals surface area contributed by atoms with Gasteiger partial charge in [0.25, 0.3) is 11.8 Å². The van der Waals surface area contributed by atoms with E-state index in [2.05, 4.69) is 0 Å². The summed E-state index contributed by atoms with van der Waals surface area (Å²) in [6, 6.07) is 0. The van der Waals surface area contributed by atoms with E-state index in [1.165, 1.54) is 19.2 Å². The Bertz CT molecular complexity index is 478. The van der Waals surface area contributed by atoms with Gasteiger partial charge in [0.05, 0.1) is 0 Å². The van der Waals surface area contributed by atoms with Crippen molar-refractivity contribution in [1.82, 2.24) is 4.90 Å². The van der Waals surface area contributed by atoms with Crippen molar-refractivity contribution in [2.24, 2.45) is 5.41 Å². The summed E-state index contributed by atoms with van der Waals surface area (Å²) in [5.74, 6) is -3.31. The zero-order chi connectivity index (χ0) is 17.0. The molecule has 0 saturated carbocycles. The summed E-state index contributed by atoms with van der Waals surface area (Å²) in [6.07, 6.45) is 2.50. The van der Waals surface area contributed by atoms with Crippen molar-refractivity contribution in [2.45, 2.75) is 27.7 Å². The molecular formula is C14H17NO6. The topological polar surface area (TPSA) is 106 Å². The minimum absolute atomic E-state index is 0.241. The molecule has 0 N–H and O–H groups in total. The number of hydrogen-bond donors (Lipinski definition) is 0. The van der Waals surface area contributed by atoms with Gasteiger partial charge < -0.3 is 0 Å². The molecule has 7 nitrogen and oxygen atoms in total. The van der Waals surface area contributed by atoms with E-state index < -0.39 is 28.5 Å². The van der Waals surface area contributed by atoms with E-state index in [-0.39, 0.29) is 11.8 Å². The van der Waals surface area contributed by atoms with Crippen LogP contribution in [0.2, 0.25) is 0 Å². The Labute approximate surface area is 122 Å². The standard InChI is InChI=1S/C9H12O4.C5H5NO2/c1-5(10)9(6(2)11,7(3)12)8(4)13;1-6-4(7)2-3-5(6)8/h1-4H3;2-3H,1H3. The van der Waals surface area contributed by atoms with Crippen LogP contribution >= 0.6 is 0 Å². The molecule has 21 heavy (non-hydrogen) atoms. The Morgan fingerprint density at radius 1 is 0.762 bits per heavy atom. The fraction of sp³-hybridized carbons (Fsp3) is 0.429. The number of hydrogen-bond acceptors (Lipinski definition) is 6. The quantitative estimate of drug-likeness (QED) is 0.528. The van der Waals surface area contributed by atoms with Crippen LogP contribution in [0, 0.1) is 5.41 Å². The highest BCUT2D eigenvalue weighted by atomic mass is 16.2. The summed E-state index contributed by atoms with van der Waals surface area (Å²) >= 11 is 0. The first kappa shape index (κ1) is 18.6. The third-order valence-corrected chi connectivity index (χ3v) is 3.14. The molecule has 1 aliphatic rings. The number of amides is 2. The molecule has 2 amide bonds. The molecule has 0 aromatic heterocycles. The molecule has 0 radical (unpaired) electrons. The van der Waals surface area contributed by atoms with Crippen molar-refractivity contribution in [1.29, 1.82) is 0 Å². The molecule has 0 bridgehead atoms. The first-order valence-electron chi connectivity index (χ1n) is 6.03. The van der Waals surface area contributed by atoms with Crippen LogP contribution in [-0.4, -0.2) is 46.9 Å². The molecule has 0 aromatic rings. The second-order valence-electron chi connectivity index (χ2n) is 4.54. The van der Waals surface area contributed by atoms with E-state index in [4.69, 9.17) is 0 Å². The normalized spacial score (nSPS) is 13.7. The molecule has 0 unspecified atom stereocenters. The van der Waals surface area contributed by atoms with Crippen LogP contribution in [-0.2, 0) is 28.8 Å². The Morgan fingerprint density at radius 2 is 1.00 bits per heavy atom. The highest BCUT2D eigenvalue weighted by molar-refractivity contribution is 6.37. The zero-order valence-corrected chi connectivity index (χ0v) is 12.6. The molecule has 7 heteroatoms. The van der Waals surface area contributed by atoms with Gasteiger partial charge in [-0.2, -0.15) is 0 Å². The Morgan fingerprint density at radius 3 is 1.05 bits per heavy atom. The number of carbonyl (C=O) groups is 6. The smallest absolute Gasteiger partial charge is 0.253 e. The fourth-order valence-electron chi connectivity index (χ4n) is 1.96. The summed E-state index contributed by atoms with van der Waals surface area (Å²) in [4.78, 5) is 66.4. The van der Waals surface area contributed by atoms with Crippen LogP contribution in [0.4, 0.5) is 0 Å². The van der Waals surface area contributed by atoms with Gasteiger partial charge in [-0.15, -0.1) is 0 Å². The van der Waals surface area contributed by atoms with Crippen LogP contribution in [0.15, 0.2) is 12.2 Å². The molecule has 114 valence electrons. The number of Topliss-reactive ketones (excluding diaryl/α,β-unsaturated/α-hetero) is 4. The molecule has 0 aromatic carbocycles. The van der Waals surface area contributed by atoms with Crippen LogP contribution in [0.3, 0.4) is 0 Å². The van der Waals surface area contributed by atoms with E-state index in [1.54, 1.807) is 0 Å². The van der Waals surface area contributed by atoms with Crippen LogP contribution in [0.5, 0.6) is 0 Å². The third-order valence-electron chi connectivity index (χ3n) is 3.14. The van der Waals surface area contributed by atoms with E-state index in [0.29, 0.717) is 0 Å². The van der Waals surface area contributed by atoms with E-state index >= 15 is 0 Å². The van der Waals surface area contributed by atoms with E-state index in [1.807, 2.05) is 0 Å². The predicted octanol–water partition coefficient (Wildman–Crippen LogP) is -0.130.